The van der Waals surface area contributed by atoms with Crippen LogP contribution in [0, 0.1) is 6.92 Å². The highest BCUT2D eigenvalue weighted by Crippen LogP contribution is 2.43. The van der Waals surface area contributed by atoms with Crippen LogP contribution in [0.15, 0.2) is 41.7 Å². The normalized spacial score (nSPS) is 11.8. The van der Waals surface area contributed by atoms with E-state index in [2.05, 4.69) is 29.0 Å². The SMILES string of the molecule is Cc1sc2ncnc(SC(C)(C)C(=O)O)c2c1-c1ccccc1. The first-order valence-electron chi connectivity index (χ1n) is 7.12. The number of nitrogens with zero attached hydrogens (tertiary/aromatic N) is 2. The molecule has 2 heterocycles. The third kappa shape index (κ3) is 2.96. The molecular formula is C17H16N2O2S2. The number of carbonyl (C=O) groups is 1. The smallest absolute Gasteiger partial charge is 0.319 e. The minimum atomic E-state index is -0.953. The highest BCUT2D eigenvalue weighted by molar-refractivity contribution is 8.01. The summed E-state index contributed by atoms with van der Waals surface area (Å²) in [6.45, 7) is 5.44. The summed E-state index contributed by atoms with van der Waals surface area (Å²) < 4.78 is -0.953. The molecule has 0 aliphatic rings. The van der Waals surface area contributed by atoms with Crippen LogP contribution in [-0.2, 0) is 4.79 Å². The van der Waals surface area contributed by atoms with Crippen LogP contribution in [0.4, 0.5) is 0 Å². The molecule has 3 rings (SSSR count). The van der Waals surface area contributed by atoms with Gasteiger partial charge in [-0.2, -0.15) is 0 Å². The number of carboxylic acids is 1. The van der Waals surface area contributed by atoms with Gasteiger partial charge in [-0.15, -0.1) is 11.3 Å². The van der Waals surface area contributed by atoms with E-state index in [0.717, 1.165) is 26.2 Å². The van der Waals surface area contributed by atoms with E-state index >= 15 is 0 Å². The number of hydrogen-bond acceptors (Lipinski definition) is 5. The van der Waals surface area contributed by atoms with Gasteiger partial charge in [0.2, 0.25) is 0 Å². The van der Waals surface area contributed by atoms with E-state index < -0.39 is 10.7 Å². The van der Waals surface area contributed by atoms with Crippen LogP contribution in [-0.4, -0.2) is 25.8 Å². The van der Waals surface area contributed by atoms with Crippen molar-refractivity contribution in [3.8, 4) is 11.1 Å². The van der Waals surface area contributed by atoms with E-state index in [1.807, 2.05) is 18.2 Å². The molecule has 0 radical (unpaired) electrons. The van der Waals surface area contributed by atoms with E-state index in [1.54, 1.807) is 25.2 Å². The second-order valence-corrected chi connectivity index (χ2v) is 8.49. The summed E-state index contributed by atoms with van der Waals surface area (Å²) in [6.07, 6.45) is 1.51. The molecule has 0 bridgehead atoms. The molecule has 4 nitrogen and oxygen atoms in total. The maximum atomic E-state index is 11.5. The van der Waals surface area contributed by atoms with Crippen molar-refractivity contribution in [3.05, 3.63) is 41.5 Å². The fourth-order valence-electron chi connectivity index (χ4n) is 2.33. The molecule has 3 aromatic rings. The van der Waals surface area contributed by atoms with Crippen LogP contribution in [0.25, 0.3) is 21.3 Å². The van der Waals surface area contributed by atoms with Crippen molar-refractivity contribution in [2.75, 3.05) is 0 Å². The van der Waals surface area contributed by atoms with Gasteiger partial charge in [-0.25, -0.2) is 9.97 Å². The van der Waals surface area contributed by atoms with E-state index in [9.17, 15) is 9.90 Å². The van der Waals surface area contributed by atoms with Crippen molar-refractivity contribution < 1.29 is 9.90 Å². The zero-order valence-electron chi connectivity index (χ0n) is 13.0. The van der Waals surface area contributed by atoms with E-state index in [0.29, 0.717) is 5.03 Å². The Hall–Kier alpha value is -1.92. The molecule has 2 aromatic heterocycles. The summed E-state index contributed by atoms with van der Waals surface area (Å²) in [4.78, 5) is 22.2. The van der Waals surface area contributed by atoms with Crippen LogP contribution in [0.5, 0.6) is 0 Å². The number of thioether (sulfide) groups is 1. The fourth-order valence-corrected chi connectivity index (χ4v) is 4.38. The lowest BCUT2D eigenvalue weighted by molar-refractivity contribution is -0.138. The lowest BCUT2D eigenvalue weighted by Gasteiger charge is -2.18. The highest BCUT2D eigenvalue weighted by atomic mass is 32.2. The number of carboxylic acid groups (broad SMARTS) is 1. The van der Waals surface area contributed by atoms with Gasteiger partial charge in [-0.1, -0.05) is 42.1 Å². The topological polar surface area (TPSA) is 63.1 Å². The largest absolute Gasteiger partial charge is 0.480 e. The third-order valence-corrected chi connectivity index (χ3v) is 5.76. The summed E-state index contributed by atoms with van der Waals surface area (Å²) in [7, 11) is 0. The van der Waals surface area contributed by atoms with Crippen LogP contribution < -0.4 is 0 Å². The van der Waals surface area contributed by atoms with Gasteiger partial charge in [0.05, 0.1) is 5.39 Å². The average molecular weight is 344 g/mol. The summed E-state index contributed by atoms with van der Waals surface area (Å²) in [5, 5.41) is 11.1. The molecule has 0 atom stereocenters. The van der Waals surface area contributed by atoms with Crippen LogP contribution >= 0.6 is 23.1 Å². The Kier molecular flexibility index (Phi) is 4.12. The molecule has 0 saturated heterocycles. The molecule has 0 unspecified atom stereocenters. The van der Waals surface area contributed by atoms with Gasteiger partial charge in [0.15, 0.2) is 0 Å². The van der Waals surface area contributed by atoms with E-state index in [4.69, 9.17) is 0 Å². The van der Waals surface area contributed by atoms with Crippen molar-refractivity contribution in [3.63, 3.8) is 0 Å². The van der Waals surface area contributed by atoms with Gasteiger partial charge < -0.3 is 5.11 Å². The van der Waals surface area contributed by atoms with Crippen molar-refractivity contribution in [2.24, 2.45) is 0 Å². The molecular weight excluding hydrogens is 328 g/mol. The number of benzene rings is 1. The molecule has 1 N–H and O–H groups in total. The van der Waals surface area contributed by atoms with E-state index in [-0.39, 0.29) is 0 Å². The third-order valence-electron chi connectivity index (χ3n) is 3.56. The molecule has 0 saturated carbocycles. The molecule has 23 heavy (non-hydrogen) atoms. The maximum Gasteiger partial charge on any atom is 0.319 e. The zero-order valence-corrected chi connectivity index (χ0v) is 14.7. The first-order chi connectivity index (χ1) is 10.9. The minimum Gasteiger partial charge on any atom is -0.480 e. The Bertz CT molecular complexity index is 873. The Balaban J connectivity index is 2.23. The summed E-state index contributed by atoms with van der Waals surface area (Å²) in [6, 6.07) is 10.1. The first-order valence-corrected chi connectivity index (χ1v) is 8.75. The van der Waals surface area contributed by atoms with Gasteiger partial charge in [0.1, 0.15) is 20.9 Å². The Morgan fingerprint density at radius 3 is 2.57 bits per heavy atom. The Morgan fingerprint density at radius 2 is 1.91 bits per heavy atom. The monoisotopic (exact) mass is 344 g/mol. The van der Waals surface area contributed by atoms with Crippen LogP contribution in [0.3, 0.4) is 0 Å². The quantitative estimate of drug-likeness (QED) is 0.552. The number of thiophene rings is 1. The molecule has 0 fully saturated rings. The lowest BCUT2D eigenvalue weighted by Crippen LogP contribution is -2.27. The molecule has 0 aliphatic carbocycles. The van der Waals surface area contributed by atoms with Crippen molar-refractivity contribution in [1.82, 2.24) is 9.97 Å². The summed E-state index contributed by atoms with van der Waals surface area (Å²) >= 11 is 2.87. The molecule has 0 amide bonds. The molecule has 0 spiro atoms. The average Bonchev–Trinajstić information content (AvgIpc) is 2.84. The molecule has 118 valence electrons. The minimum absolute atomic E-state index is 0.714. The second-order valence-electron chi connectivity index (χ2n) is 5.68. The number of aliphatic carboxylic acids is 1. The number of fused-ring (bicyclic) bond motifs is 1. The predicted octanol–water partition coefficient (Wildman–Crippen LogP) is 4.62. The zero-order chi connectivity index (χ0) is 16.6. The van der Waals surface area contributed by atoms with Gasteiger partial charge in [0.25, 0.3) is 0 Å². The van der Waals surface area contributed by atoms with E-state index in [1.165, 1.54) is 18.1 Å². The maximum absolute atomic E-state index is 11.5. The Labute approximate surface area is 142 Å². The van der Waals surface area contributed by atoms with Crippen molar-refractivity contribution >= 4 is 39.3 Å². The van der Waals surface area contributed by atoms with Gasteiger partial charge in [0, 0.05) is 10.4 Å². The molecule has 0 aliphatic heterocycles. The molecule has 6 heteroatoms. The van der Waals surface area contributed by atoms with Crippen molar-refractivity contribution in [1.29, 1.82) is 0 Å². The van der Waals surface area contributed by atoms with Gasteiger partial charge in [-0.05, 0) is 26.3 Å². The summed E-state index contributed by atoms with van der Waals surface area (Å²) in [5.74, 6) is -0.859. The Morgan fingerprint density at radius 1 is 1.22 bits per heavy atom. The molecule has 1 aromatic carbocycles. The first kappa shape index (κ1) is 16.0. The number of rotatable bonds is 4. The second kappa shape index (κ2) is 5.94. The number of hydrogen-bond donors (Lipinski definition) is 1. The lowest BCUT2D eigenvalue weighted by atomic mass is 10.0. The predicted molar refractivity (Wildman–Crippen MR) is 95.2 cm³/mol. The van der Waals surface area contributed by atoms with Gasteiger partial charge in [-0.3, -0.25) is 4.79 Å². The highest BCUT2D eigenvalue weighted by Gasteiger charge is 2.31. The van der Waals surface area contributed by atoms with Crippen LogP contribution in [0.1, 0.15) is 18.7 Å². The standard InChI is InChI=1S/C17H16N2O2S2/c1-10-12(11-7-5-4-6-8-11)13-14(22-10)18-9-19-15(13)23-17(2,3)16(20)21/h4-9H,1-3H3,(H,20,21). The van der Waals surface area contributed by atoms with Crippen LogP contribution in [0.2, 0.25) is 0 Å². The van der Waals surface area contributed by atoms with Crippen molar-refractivity contribution in [2.45, 2.75) is 30.5 Å². The van der Waals surface area contributed by atoms with Gasteiger partial charge >= 0.3 is 5.97 Å². The number of aryl methyl sites for hydroxylation is 1. The summed E-state index contributed by atoms with van der Waals surface area (Å²) in [5.41, 5.74) is 2.19. The fraction of sp³-hybridized carbons (Fsp3) is 0.235. The number of aromatic nitrogens is 2.